The zero-order chi connectivity index (χ0) is 10.1. The molecule has 1 aliphatic heterocycles. The minimum atomic E-state index is 0.0532. The van der Waals surface area contributed by atoms with E-state index in [0.717, 1.165) is 10.6 Å². The van der Waals surface area contributed by atoms with E-state index in [4.69, 9.17) is 11.6 Å². The molecule has 1 heterocycles. The number of nitrogens with one attached hydrogen (secondary N) is 1. The molecule has 0 unspecified atom stereocenters. The van der Waals surface area contributed by atoms with E-state index in [1.165, 1.54) is 11.8 Å². The van der Waals surface area contributed by atoms with Gasteiger partial charge in [0.1, 0.15) is 0 Å². The average molecular weight is 228 g/mol. The molecule has 1 aromatic rings. The number of carbonyl (C=O) groups is 1. The zero-order valence-electron chi connectivity index (χ0n) is 7.66. The third-order valence-electron chi connectivity index (χ3n) is 2.23. The van der Waals surface area contributed by atoms with Gasteiger partial charge in [-0.2, -0.15) is 0 Å². The Kier molecular flexibility index (Phi) is 2.70. The van der Waals surface area contributed by atoms with Crippen LogP contribution < -0.4 is 5.32 Å². The summed E-state index contributed by atoms with van der Waals surface area (Å²) in [6.07, 6.45) is 0. The summed E-state index contributed by atoms with van der Waals surface area (Å²) in [5.74, 6) is 0. The molecule has 0 aliphatic carbocycles. The number of rotatable bonds is 1. The van der Waals surface area contributed by atoms with Crippen molar-refractivity contribution in [2.45, 2.75) is 18.2 Å². The maximum atomic E-state index is 11.1. The molecule has 1 aromatic carbocycles. The van der Waals surface area contributed by atoms with E-state index in [1.54, 1.807) is 0 Å². The van der Waals surface area contributed by atoms with E-state index in [2.05, 4.69) is 5.32 Å². The quantitative estimate of drug-likeness (QED) is 0.798. The van der Waals surface area contributed by atoms with Gasteiger partial charge >= 0.3 is 0 Å². The molecule has 74 valence electrons. The van der Waals surface area contributed by atoms with Crippen LogP contribution in [0.2, 0.25) is 5.02 Å². The van der Waals surface area contributed by atoms with Crippen molar-refractivity contribution in [1.29, 1.82) is 0 Å². The molecular weight excluding hydrogens is 218 g/mol. The fourth-order valence-electron chi connectivity index (χ4n) is 1.52. The minimum absolute atomic E-state index is 0.0532. The molecule has 1 amide bonds. The highest BCUT2D eigenvalue weighted by molar-refractivity contribution is 8.14. The van der Waals surface area contributed by atoms with Crippen molar-refractivity contribution in [2.24, 2.45) is 0 Å². The highest BCUT2D eigenvalue weighted by Gasteiger charge is 2.30. The van der Waals surface area contributed by atoms with E-state index in [1.807, 2.05) is 31.2 Å². The molecule has 0 aromatic heterocycles. The monoisotopic (exact) mass is 227 g/mol. The molecule has 2 rings (SSSR count). The number of hydrogen-bond donors (Lipinski definition) is 1. The van der Waals surface area contributed by atoms with Gasteiger partial charge in [-0.3, -0.25) is 4.79 Å². The van der Waals surface area contributed by atoms with Gasteiger partial charge in [-0.05, 0) is 24.6 Å². The Labute approximate surface area is 92.0 Å². The highest BCUT2D eigenvalue weighted by atomic mass is 35.5. The summed E-state index contributed by atoms with van der Waals surface area (Å²) in [7, 11) is 0. The first-order valence-electron chi connectivity index (χ1n) is 4.39. The molecule has 0 spiro atoms. The lowest BCUT2D eigenvalue weighted by molar-refractivity contribution is 0.260. The fraction of sp³-hybridized carbons (Fsp3) is 0.300. The van der Waals surface area contributed by atoms with Crippen LogP contribution in [0.4, 0.5) is 4.79 Å². The summed E-state index contributed by atoms with van der Waals surface area (Å²) in [6, 6.07) is 7.83. The van der Waals surface area contributed by atoms with Gasteiger partial charge < -0.3 is 5.32 Å². The molecule has 1 N–H and O–H groups in total. The van der Waals surface area contributed by atoms with Crippen LogP contribution in [0.25, 0.3) is 0 Å². The number of amides is 1. The van der Waals surface area contributed by atoms with Gasteiger partial charge in [0.25, 0.3) is 5.24 Å². The number of halogens is 1. The molecule has 2 atom stereocenters. The summed E-state index contributed by atoms with van der Waals surface area (Å²) in [4.78, 5) is 11.1. The van der Waals surface area contributed by atoms with E-state index in [-0.39, 0.29) is 16.5 Å². The second kappa shape index (κ2) is 3.83. The first-order valence-corrected chi connectivity index (χ1v) is 5.65. The van der Waals surface area contributed by atoms with Gasteiger partial charge in [-0.1, -0.05) is 35.5 Å². The van der Waals surface area contributed by atoms with Crippen molar-refractivity contribution >= 4 is 28.6 Å². The molecular formula is C10H10ClNOS. The van der Waals surface area contributed by atoms with Crippen molar-refractivity contribution in [1.82, 2.24) is 5.32 Å². The first kappa shape index (κ1) is 9.87. The third kappa shape index (κ3) is 1.88. The Balaban J connectivity index is 2.23. The lowest BCUT2D eigenvalue weighted by atomic mass is 10.1. The Bertz CT molecular complexity index is 352. The van der Waals surface area contributed by atoms with E-state index in [0.29, 0.717) is 0 Å². The smallest absolute Gasteiger partial charge is 0.279 e. The highest BCUT2D eigenvalue weighted by Crippen LogP contribution is 2.37. The van der Waals surface area contributed by atoms with Crippen LogP contribution in [-0.4, -0.2) is 11.3 Å². The molecule has 14 heavy (non-hydrogen) atoms. The van der Waals surface area contributed by atoms with Gasteiger partial charge in [0.15, 0.2) is 0 Å². The number of carbonyl (C=O) groups excluding carboxylic acids is 1. The third-order valence-corrected chi connectivity index (χ3v) is 3.75. The number of benzene rings is 1. The molecule has 0 bridgehead atoms. The molecule has 1 fully saturated rings. The predicted octanol–water partition coefficient (Wildman–Crippen LogP) is 3.23. The van der Waals surface area contributed by atoms with Crippen molar-refractivity contribution in [3.05, 3.63) is 34.9 Å². The van der Waals surface area contributed by atoms with Crippen LogP contribution >= 0.6 is 23.4 Å². The Hall–Kier alpha value is -0.670. The van der Waals surface area contributed by atoms with E-state index >= 15 is 0 Å². The van der Waals surface area contributed by atoms with Crippen molar-refractivity contribution in [3.8, 4) is 0 Å². The van der Waals surface area contributed by atoms with Crippen LogP contribution in [0.1, 0.15) is 17.7 Å². The lowest BCUT2D eigenvalue weighted by Crippen LogP contribution is -2.23. The minimum Gasteiger partial charge on any atom is -0.343 e. The fourth-order valence-corrected chi connectivity index (χ4v) is 2.70. The van der Waals surface area contributed by atoms with Gasteiger partial charge in [-0.25, -0.2) is 0 Å². The summed E-state index contributed by atoms with van der Waals surface area (Å²) in [5.41, 5.74) is 1.14. The standard InChI is InChI=1S/C10H10ClNOS/c1-6-9(14-10(13)12-6)7-2-4-8(11)5-3-7/h2-6,9H,1H3,(H,12,13)/t6-,9+/m0/s1. The zero-order valence-corrected chi connectivity index (χ0v) is 9.23. The number of thioether (sulfide) groups is 1. The van der Waals surface area contributed by atoms with Gasteiger partial charge in [0, 0.05) is 11.1 Å². The molecule has 1 saturated heterocycles. The summed E-state index contributed by atoms with van der Waals surface area (Å²) < 4.78 is 0. The van der Waals surface area contributed by atoms with Crippen molar-refractivity contribution < 1.29 is 4.79 Å². The molecule has 4 heteroatoms. The van der Waals surface area contributed by atoms with Crippen LogP contribution in [0.3, 0.4) is 0 Å². The molecule has 0 radical (unpaired) electrons. The largest absolute Gasteiger partial charge is 0.343 e. The molecule has 2 nitrogen and oxygen atoms in total. The maximum Gasteiger partial charge on any atom is 0.279 e. The second-order valence-electron chi connectivity index (χ2n) is 3.31. The second-order valence-corrected chi connectivity index (χ2v) is 4.86. The van der Waals surface area contributed by atoms with Crippen LogP contribution in [0, 0.1) is 0 Å². The molecule has 1 aliphatic rings. The van der Waals surface area contributed by atoms with Gasteiger partial charge in [-0.15, -0.1) is 0 Å². The molecule has 0 saturated carbocycles. The van der Waals surface area contributed by atoms with Gasteiger partial charge in [0.05, 0.1) is 5.25 Å². The van der Waals surface area contributed by atoms with Crippen LogP contribution in [0.5, 0.6) is 0 Å². The Morgan fingerprint density at radius 3 is 2.50 bits per heavy atom. The van der Waals surface area contributed by atoms with E-state index in [9.17, 15) is 4.79 Å². The number of hydrogen-bond acceptors (Lipinski definition) is 2. The predicted molar refractivity (Wildman–Crippen MR) is 59.8 cm³/mol. The lowest BCUT2D eigenvalue weighted by Gasteiger charge is -2.12. The van der Waals surface area contributed by atoms with Gasteiger partial charge in [0.2, 0.25) is 0 Å². The van der Waals surface area contributed by atoms with Crippen molar-refractivity contribution in [2.75, 3.05) is 0 Å². The summed E-state index contributed by atoms with van der Waals surface area (Å²) in [5, 5.41) is 3.86. The Morgan fingerprint density at radius 1 is 1.36 bits per heavy atom. The van der Waals surface area contributed by atoms with E-state index < -0.39 is 0 Å². The van der Waals surface area contributed by atoms with Crippen LogP contribution in [0.15, 0.2) is 24.3 Å². The van der Waals surface area contributed by atoms with Crippen molar-refractivity contribution in [3.63, 3.8) is 0 Å². The topological polar surface area (TPSA) is 29.1 Å². The average Bonchev–Trinajstić information content (AvgIpc) is 2.47. The first-order chi connectivity index (χ1) is 6.66. The maximum absolute atomic E-state index is 11.1. The normalized spacial score (nSPS) is 26.3. The van der Waals surface area contributed by atoms with Crippen LogP contribution in [-0.2, 0) is 0 Å². The summed E-state index contributed by atoms with van der Waals surface area (Å²) >= 11 is 7.13. The SMILES string of the molecule is C[C@@H]1NC(=O)S[C@H]1c1ccc(Cl)cc1. The summed E-state index contributed by atoms with van der Waals surface area (Å²) in [6.45, 7) is 2.01. The Morgan fingerprint density at radius 2 is 2.00 bits per heavy atom.